The standard InChI is InChI=1S/C14H24N2O4S/c1-3-15-9-14(7-13(15)10-17)21(18,19)16-6-4-5-12(8-16)11-20-2/h7,9,12,17H,3-6,8,10-11H2,1-2H3. The zero-order valence-electron chi connectivity index (χ0n) is 12.7. The number of piperidine rings is 1. The molecule has 21 heavy (non-hydrogen) atoms. The summed E-state index contributed by atoms with van der Waals surface area (Å²) in [5.41, 5.74) is 0.626. The van der Waals surface area contributed by atoms with E-state index in [2.05, 4.69) is 0 Å². The van der Waals surface area contributed by atoms with E-state index in [-0.39, 0.29) is 17.4 Å². The SMILES string of the molecule is CCn1cc(S(=O)(=O)N2CCCC(COC)C2)cc1CO. The van der Waals surface area contributed by atoms with Crippen molar-refractivity contribution in [2.75, 3.05) is 26.8 Å². The van der Waals surface area contributed by atoms with Crippen LogP contribution < -0.4 is 0 Å². The van der Waals surface area contributed by atoms with Gasteiger partial charge in [-0.3, -0.25) is 0 Å². The number of sulfonamides is 1. The summed E-state index contributed by atoms with van der Waals surface area (Å²) in [7, 11) is -1.85. The molecule has 1 N–H and O–H groups in total. The number of ether oxygens (including phenoxy) is 1. The van der Waals surface area contributed by atoms with Gasteiger partial charge in [-0.1, -0.05) is 0 Å². The molecule has 0 spiro atoms. The van der Waals surface area contributed by atoms with E-state index in [1.807, 2.05) is 6.92 Å². The Labute approximate surface area is 126 Å². The van der Waals surface area contributed by atoms with E-state index in [1.165, 1.54) is 4.31 Å². The minimum Gasteiger partial charge on any atom is -0.390 e. The van der Waals surface area contributed by atoms with Crippen LogP contribution in [0.5, 0.6) is 0 Å². The molecule has 1 aromatic heterocycles. The normalized spacial score (nSPS) is 20.8. The molecule has 0 aliphatic carbocycles. The number of nitrogens with zero attached hydrogens (tertiary/aromatic N) is 2. The van der Waals surface area contributed by atoms with Crippen LogP contribution >= 0.6 is 0 Å². The number of rotatable bonds is 6. The van der Waals surface area contributed by atoms with Crippen LogP contribution in [0.4, 0.5) is 0 Å². The van der Waals surface area contributed by atoms with Crippen molar-refractivity contribution in [3.63, 3.8) is 0 Å². The summed E-state index contributed by atoms with van der Waals surface area (Å²) in [6.07, 6.45) is 3.47. The van der Waals surface area contributed by atoms with Gasteiger partial charge in [0, 0.05) is 38.6 Å². The summed E-state index contributed by atoms with van der Waals surface area (Å²) in [5, 5.41) is 9.31. The smallest absolute Gasteiger partial charge is 0.244 e. The van der Waals surface area contributed by atoms with Gasteiger partial charge in [0.2, 0.25) is 10.0 Å². The predicted molar refractivity (Wildman–Crippen MR) is 79.4 cm³/mol. The van der Waals surface area contributed by atoms with Gasteiger partial charge < -0.3 is 14.4 Å². The van der Waals surface area contributed by atoms with E-state index in [0.29, 0.717) is 31.9 Å². The van der Waals surface area contributed by atoms with Crippen molar-refractivity contribution in [1.82, 2.24) is 8.87 Å². The van der Waals surface area contributed by atoms with E-state index < -0.39 is 10.0 Å². The summed E-state index contributed by atoms with van der Waals surface area (Å²) in [4.78, 5) is 0.270. The van der Waals surface area contributed by atoms with Crippen molar-refractivity contribution < 1.29 is 18.3 Å². The van der Waals surface area contributed by atoms with Gasteiger partial charge in [-0.15, -0.1) is 0 Å². The number of hydrogen-bond donors (Lipinski definition) is 1. The Bertz CT molecular complexity index is 544. The van der Waals surface area contributed by atoms with Crippen molar-refractivity contribution in [1.29, 1.82) is 0 Å². The lowest BCUT2D eigenvalue weighted by Crippen LogP contribution is -2.41. The minimum atomic E-state index is -3.49. The molecular weight excluding hydrogens is 292 g/mol. The molecule has 0 radical (unpaired) electrons. The molecule has 0 bridgehead atoms. The quantitative estimate of drug-likeness (QED) is 0.851. The second-order valence-electron chi connectivity index (χ2n) is 5.44. The predicted octanol–water partition coefficient (Wildman–Crippen LogP) is 1.05. The zero-order valence-corrected chi connectivity index (χ0v) is 13.5. The highest BCUT2D eigenvalue weighted by atomic mass is 32.2. The second-order valence-corrected chi connectivity index (χ2v) is 7.38. The highest BCUT2D eigenvalue weighted by Crippen LogP contribution is 2.25. The molecule has 1 aliphatic rings. The van der Waals surface area contributed by atoms with Crippen LogP contribution in [0.3, 0.4) is 0 Å². The van der Waals surface area contributed by atoms with Gasteiger partial charge >= 0.3 is 0 Å². The molecule has 7 heteroatoms. The average Bonchev–Trinajstić information content (AvgIpc) is 2.92. The molecule has 1 saturated heterocycles. The molecule has 1 aliphatic heterocycles. The fraction of sp³-hybridized carbons (Fsp3) is 0.714. The summed E-state index contributed by atoms with van der Waals surface area (Å²) < 4.78 is 33.9. The second kappa shape index (κ2) is 6.91. The van der Waals surface area contributed by atoms with Gasteiger partial charge in [-0.25, -0.2) is 8.42 Å². The Balaban J connectivity index is 2.22. The van der Waals surface area contributed by atoms with Crippen molar-refractivity contribution in [2.45, 2.75) is 37.8 Å². The third-order valence-electron chi connectivity index (χ3n) is 3.99. The van der Waals surface area contributed by atoms with Gasteiger partial charge in [-0.2, -0.15) is 4.31 Å². The minimum absolute atomic E-state index is 0.157. The molecule has 1 atom stereocenters. The first-order chi connectivity index (χ1) is 10.0. The van der Waals surface area contributed by atoms with Crippen molar-refractivity contribution in [3.8, 4) is 0 Å². The number of methoxy groups -OCH3 is 1. The van der Waals surface area contributed by atoms with Crippen LogP contribution in [0.15, 0.2) is 17.2 Å². The van der Waals surface area contributed by atoms with Crippen LogP contribution in [0.25, 0.3) is 0 Å². The monoisotopic (exact) mass is 316 g/mol. The summed E-state index contributed by atoms with van der Waals surface area (Å²) in [5.74, 6) is 0.254. The molecule has 0 amide bonds. The summed E-state index contributed by atoms with van der Waals surface area (Å²) >= 11 is 0. The van der Waals surface area contributed by atoms with Crippen molar-refractivity contribution in [2.24, 2.45) is 5.92 Å². The number of aryl methyl sites for hydroxylation is 1. The Morgan fingerprint density at radius 3 is 2.81 bits per heavy atom. The molecule has 1 unspecified atom stereocenters. The van der Waals surface area contributed by atoms with Crippen LogP contribution in [0.2, 0.25) is 0 Å². The van der Waals surface area contributed by atoms with E-state index in [9.17, 15) is 13.5 Å². The molecular formula is C14H24N2O4S. The molecule has 6 nitrogen and oxygen atoms in total. The molecule has 1 aromatic rings. The lowest BCUT2D eigenvalue weighted by Gasteiger charge is -2.31. The van der Waals surface area contributed by atoms with Gasteiger partial charge in [0.05, 0.1) is 13.2 Å². The van der Waals surface area contributed by atoms with E-state index in [0.717, 1.165) is 12.8 Å². The van der Waals surface area contributed by atoms with Gasteiger partial charge in [-0.05, 0) is 31.7 Å². The maximum atomic E-state index is 12.7. The topological polar surface area (TPSA) is 71.8 Å². The largest absolute Gasteiger partial charge is 0.390 e. The number of aliphatic hydroxyl groups is 1. The maximum Gasteiger partial charge on any atom is 0.244 e. The first kappa shape index (κ1) is 16.5. The molecule has 2 rings (SSSR count). The first-order valence-electron chi connectivity index (χ1n) is 7.32. The molecule has 0 saturated carbocycles. The number of hydrogen-bond acceptors (Lipinski definition) is 4. The van der Waals surface area contributed by atoms with Crippen LogP contribution in [0.1, 0.15) is 25.5 Å². The Kier molecular flexibility index (Phi) is 5.43. The highest BCUT2D eigenvalue weighted by molar-refractivity contribution is 7.89. The molecule has 2 heterocycles. The average molecular weight is 316 g/mol. The molecule has 1 fully saturated rings. The van der Waals surface area contributed by atoms with Crippen molar-refractivity contribution >= 4 is 10.0 Å². The Morgan fingerprint density at radius 1 is 1.48 bits per heavy atom. The zero-order chi connectivity index (χ0) is 15.5. The van der Waals surface area contributed by atoms with Crippen LogP contribution in [-0.2, 0) is 27.9 Å². The third-order valence-corrected chi connectivity index (χ3v) is 5.82. The maximum absolute atomic E-state index is 12.7. The third kappa shape index (κ3) is 3.48. The number of aromatic nitrogens is 1. The van der Waals surface area contributed by atoms with Crippen LogP contribution in [0, 0.1) is 5.92 Å². The van der Waals surface area contributed by atoms with E-state index >= 15 is 0 Å². The van der Waals surface area contributed by atoms with E-state index in [4.69, 9.17) is 4.74 Å². The Hall–Kier alpha value is -0.890. The van der Waals surface area contributed by atoms with Gasteiger partial charge in [0.25, 0.3) is 0 Å². The summed E-state index contributed by atoms with van der Waals surface area (Å²) in [6, 6.07) is 1.57. The van der Waals surface area contributed by atoms with E-state index in [1.54, 1.807) is 23.9 Å². The van der Waals surface area contributed by atoms with Crippen LogP contribution in [-0.4, -0.2) is 49.2 Å². The lowest BCUT2D eigenvalue weighted by atomic mass is 10.0. The first-order valence-corrected chi connectivity index (χ1v) is 8.76. The van der Waals surface area contributed by atoms with Crippen molar-refractivity contribution in [3.05, 3.63) is 18.0 Å². The fourth-order valence-corrected chi connectivity index (χ4v) is 4.48. The molecule has 120 valence electrons. The fourth-order valence-electron chi connectivity index (χ4n) is 2.86. The molecule has 0 aromatic carbocycles. The summed E-state index contributed by atoms with van der Waals surface area (Å²) in [6.45, 7) is 4.04. The lowest BCUT2D eigenvalue weighted by molar-refractivity contribution is 0.118. The Morgan fingerprint density at radius 2 is 2.24 bits per heavy atom. The van der Waals surface area contributed by atoms with Gasteiger partial charge in [0.1, 0.15) is 4.90 Å². The number of aliphatic hydroxyl groups excluding tert-OH is 1. The highest BCUT2D eigenvalue weighted by Gasteiger charge is 2.31. The van der Waals surface area contributed by atoms with Gasteiger partial charge in [0.15, 0.2) is 0 Å².